The highest BCUT2D eigenvalue weighted by Crippen LogP contribution is 2.34. The smallest absolute Gasteiger partial charge is 0.332 e. The van der Waals surface area contributed by atoms with Gasteiger partial charge in [-0.2, -0.15) is 5.90 Å². The summed E-state index contributed by atoms with van der Waals surface area (Å²) in [5, 5.41) is 0. The molecule has 0 bridgehead atoms. The standard InChI is InChI=1S/C10H9NO4/c11-15-10(13)7-5-9(12)14-8-4-2-1-3-6(7)8/h1-4,7H,5,11H2. The van der Waals surface area contributed by atoms with Crippen molar-refractivity contribution >= 4 is 11.9 Å². The zero-order valence-electron chi connectivity index (χ0n) is 7.80. The van der Waals surface area contributed by atoms with Crippen LogP contribution in [0.15, 0.2) is 24.3 Å². The number of ether oxygens (including phenoxy) is 1. The lowest BCUT2D eigenvalue weighted by Crippen LogP contribution is -2.28. The monoisotopic (exact) mass is 207 g/mol. The molecule has 1 unspecified atom stereocenters. The van der Waals surface area contributed by atoms with Gasteiger partial charge in [-0.3, -0.25) is 4.79 Å². The molecule has 0 saturated heterocycles. The first-order valence-corrected chi connectivity index (χ1v) is 4.42. The van der Waals surface area contributed by atoms with Gasteiger partial charge in [-0.1, -0.05) is 18.2 Å². The summed E-state index contributed by atoms with van der Waals surface area (Å²) in [4.78, 5) is 26.7. The quantitative estimate of drug-likeness (QED) is 0.412. The van der Waals surface area contributed by atoms with Crippen LogP contribution < -0.4 is 10.6 Å². The third-order valence-electron chi connectivity index (χ3n) is 2.29. The highest BCUT2D eigenvalue weighted by atomic mass is 16.7. The maximum absolute atomic E-state index is 11.3. The van der Waals surface area contributed by atoms with E-state index in [-0.39, 0.29) is 6.42 Å². The molecule has 78 valence electrons. The van der Waals surface area contributed by atoms with E-state index >= 15 is 0 Å². The van der Waals surface area contributed by atoms with Gasteiger partial charge >= 0.3 is 11.9 Å². The summed E-state index contributed by atoms with van der Waals surface area (Å²) in [6.45, 7) is 0. The van der Waals surface area contributed by atoms with Crippen LogP contribution >= 0.6 is 0 Å². The minimum absolute atomic E-state index is 0.0347. The lowest BCUT2D eigenvalue weighted by atomic mass is 9.93. The van der Waals surface area contributed by atoms with Crippen LogP contribution in [0.1, 0.15) is 17.9 Å². The minimum Gasteiger partial charge on any atom is -0.426 e. The molecule has 2 N–H and O–H groups in total. The number of hydrogen-bond acceptors (Lipinski definition) is 5. The number of benzene rings is 1. The van der Waals surface area contributed by atoms with Crippen molar-refractivity contribution in [2.45, 2.75) is 12.3 Å². The van der Waals surface area contributed by atoms with Crippen LogP contribution in [0.3, 0.4) is 0 Å². The Balaban J connectivity index is 2.42. The Morgan fingerprint density at radius 3 is 2.93 bits per heavy atom. The van der Waals surface area contributed by atoms with E-state index in [2.05, 4.69) is 4.84 Å². The van der Waals surface area contributed by atoms with Crippen molar-refractivity contribution in [3.05, 3.63) is 29.8 Å². The van der Waals surface area contributed by atoms with E-state index in [1.807, 2.05) is 0 Å². The summed E-state index contributed by atoms with van der Waals surface area (Å²) in [7, 11) is 0. The van der Waals surface area contributed by atoms with Crippen LogP contribution in [0.25, 0.3) is 0 Å². The molecule has 1 aliphatic heterocycles. The Kier molecular flexibility index (Phi) is 2.39. The zero-order valence-corrected chi connectivity index (χ0v) is 7.80. The van der Waals surface area contributed by atoms with Crippen molar-refractivity contribution in [1.82, 2.24) is 0 Å². The summed E-state index contributed by atoms with van der Waals surface area (Å²) in [5.41, 5.74) is 0.632. The number of fused-ring (bicyclic) bond motifs is 1. The Morgan fingerprint density at radius 1 is 1.47 bits per heavy atom. The van der Waals surface area contributed by atoms with E-state index < -0.39 is 17.9 Å². The minimum atomic E-state index is -0.660. The highest BCUT2D eigenvalue weighted by molar-refractivity contribution is 5.88. The molecule has 0 aromatic heterocycles. The molecule has 5 heteroatoms. The maximum Gasteiger partial charge on any atom is 0.332 e. The largest absolute Gasteiger partial charge is 0.426 e. The van der Waals surface area contributed by atoms with Crippen LogP contribution in [-0.4, -0.2) is 11.9 Å². The van der Waals surface area contributed by atoms with E-state index in [0.717, 1.165) is 0 Å². The van der Waals surface area contributed by atoms with Gasteiger partial charge in [0.2, 0.25) is 0 Å². The van der Waals surface area contributed by atoms with Gasteiger partial charge in [0.05, 0.1) is 12.3 Å². The fraction of sp³-hybridized carbons (Fsp3) is 0.200. The Morgan fingerprint density at radius 2 is 2.20 bits per heavy atom. The first-order valence-electron chi connectivity index (χ1n) is 4.42. The van der Waals surface area contributed by atoms with Gasteiger partial charge < -0.3 is 9.57 Å². The molecule has 0 fully saturated rings. The van der Waals surface area contributed by atoms with Gasteiger partial charge in [0.25, 0.3) is 0 Å². The van der Waals surface area contributed by atoms with E-state index in [4.69, 9.17) is 10.6 Å². The predicted octanol–water partition coefficient (Wildman–Crippen LogP) is 0.496. The molecule has 15 heavy (non-hydrogen) atoms. The summed E-state index contributed by atoms with van der Waals surface area (Å²) in [6, 6.07) is 6.82. The summed E-state index contributed by atoms with van der Waals surface area (Å²) >= 11 is 0. The van der Waals surface area contributed by atoms with Crippen molar-refractivity contribution < 1.29 is 19.2 Å². The Labute approximate surface area is 85.7 Å². The highest BCUT2D eigenvalue weighted by Gasteiger charge is 2.33. The average molecular weight is 207 g/mol. The van der Waals surface area contributed by atoms with Crippen LogP contribution in [-0.2, 0) is 14.4 Å². The Hall–Kier alpha value is -1.88. The molecule has 0 radical (unpaired) electrons. The van der Waals surface area contributed by atoms with E-state index in [1.54, 1.807) is 24.3 Å². The molecule has 1 aromatic rings. The second-order valence-corrected chi connectivity index (χ2v) is 3.21. The fourth-order valence-electron chi connectivity index (χ4n) is 1.59. The SMILES string of the molecule is NOC(=O)C1CC(=O)Oc2ccccc21. The lowest BCUT2D eigenvalue weighted by molar-refractivity contribution is -0.150. The number of rotatable bonds is 1. The zero-order chi connectivity index (χ0) is 10.8. The fourth-order valence-corrected chi connectivity index (χ4v) is 1.59. The number of hydrogen-bond donors (Lipinski definition) is 1. The molecule has 1 atom stereocenters. The molecule has 5 nitrogen and oxygen atoms in total. The van der Waals surface area contributed by atoms with Gasteiger partial charge in [0, 0.05) is 5.56 Å². The van der Waals surface area contributed by atoms with Crippen LogP contribution in [0.2, 0.25) is 0 Å². The van der Waals surface area contributed by atoms with Gasteiger partial charge in [0.15, 0.2) is 0 Å². The van der Waals surface area contributed by atoms with Gasteiger partial charge in [-0.05, 0) is 6.07 Å². The van der Waals surface area contributed by atoms with Gasteiger partial charge in [-0.15, -0.1) is 0 Å². The summed E-state index contributed by atoms with van der Waals surface area (Å²) in [6.07, 6.45) is -0.0347. The number of carbonyl (C=O) groups is 2. The summed E-state index contributed by atoms with van der Waals surface area (Å²) < 4.78 is 4.97. The normalized spacial score (nSPS) is 19.0. The molecule has 1 heterocycles. The number of para-hydroxylation sites is 1. The molecule has 1 aromatic carbocycles. The van der Waals surface area contributed by atoms with Crippen molar-refractivity contribution in [2.24, 2.45) is 5.90 Å². The first-order chi connectivity index (χ1) is 7.22. The average Bonchev–Trinajstić information content (AvgIpc) is 2.26. The molecule has 0 amide bonds. The van der Waals surface area contributed by atoms with Crippen LogP contribution in [0, 0.1) is 0 Å². The molecule has 0 spiro atoms. The third kappa shape index (κ3) is 1.69. The van der Waals surface area contributed by atoms with E-state index in [1.165, 1.54) is 0 Å². The summed E-state index contributed by atoms with van der Waals surface area (Å²) in [5.74, 6) is 3.46. The van der Waals surface area contributed by atoms with Crippen LogP contribution in [0.5, 0.6) is 5.75 Å². The van der Waals surface area contributed by atoms with Crippen LogP contribution in [0.4, 0.5) is 0 Å². The number of carbonyl (C=O) groups excluding carboxylic acids is 2. The second kappa shape index (κ2) is 3.70. The predicted molar refractivity (Wildman–Crippen MR) is 49.7 cm³/mol. The van der Waals surface area contributed by atoms with E-state index in [0.29, 0.717) is 11.3 Å². The number of esters is 1. The van der Waals surface area contributed by atoms with Crippen molar-refractivity contribution in [3.63, 3.8) is 0 Å². The molecule has 2 rings (SSSR count). The van der Waals surface area contributed by atoms with Crippen molar-refractivity contribution in [1.29, 1.82) is 0 Å². The maximum atomic E-state index is 11.3. The molecular weight excluding hydrogens is 198 g/mol. The van der Waals surface area contributed by atoms with E-state index in [9.17, 15) is 9.59 Å². The topological polar surface area (TPSA) is 78.6 Å². The Bertz CT molecular complexity index is 416. The van der Waals surface area contributed by atoms with Crippen molar-refractivity contribution in [2.75, 3.05) is 0 Å². The van der Waals surface area contributed by atoms with Crippen molar-refractivity contribution in [3.8, 4) is 5.75 Å². The number of nitrogens with two attached hydrogens (primary N) is 1. The molecular formula is C10H9NO4. The molecule has 0 saturated carbocycles. The first kappa shape index (κ1) is 9.67. The van der Waals surface area contributed by atoms with Gasteiger partial charge in [-0.25, -0.2) is 4.79 Å². The second-order valence-electron chi connectivity index (χ2n) is 3.21. The van der Waals surface area contributed by atoms with Gasteiger partial charge in [0.1, 0.15) is 5.75 Å². The third-order valence-corrected chi connectivity index (χ3v) is 2.29. The molecule has 0 aliphatic carbocycles. The molecule has 1 aliphatic rings. The lowest BCUT2D eigenvalue weighted by Gasteiger charge is -2.21.